The van der Waals surface area contributed by atoms with Crippen LogP contribution in [-0.2, 0) is 0 Å². The SMILES string of the molecule is CC(C)[C@@H](CO)Nc1cc(C(=O)O)c(Cl)cn1. The van der Waals surface area contributed by atoms with Crippen LogP contribution in [0.1, 0.15) is 24.2 Å². The molecule has 0 saturated heterocycles. The molecule has 1 rings (SSSR count). The van der Waals surface area contributed by atoms with Gasteiger partial charge in [-0.1, -0.05) is 25.4 Å². The van der Waals surface area contributed by atoms with E-state index >= 15 is 0 Å². The lowest BCUT2D eigenvalue weighted by Crippen LogP contribution is -2.29. The minimum absolute atomic E-state index is 0.00962. The first kappa shape index (κ1) is 13.7. The fraction of sp³-hybridized carbons (Fsp3) is 0.455. The quantitative estimate of drug-likeness (QED) is 0.751. The molecule has 0 radical (unpaired) electrons. The van der Waals surface area contributed by atoms with Crippen molar-refractivity contribution in [1.29, 1.82) is 0 Å². The molecule has 0 aliphatic rings. The molecule has 0 aromatic carbocycles. The molecule has 3 N–H and O–H groups in total. The summed E-state index contributed by atoms with van der Waals surface area (Å²) in [5, 5.41) is 21.1. The number of nitrogens with one attached hydrogen (secondary N) is 1. The molecule has 0 aliphatic heterocycles. The molecule has 0 unspecified atom stereocenters. The van der Waals surface area contributed by atoms with E-state index in [1.54, 1.807) is 0 Å². The summed E-state index contributed by atoms with van der Waals surface area (Å²) in [7, 11) is 0. The molecule has 1 atom stereocenters. The Balaban J connectivity index is 2.92. The van der Waals surface area contributed by atoms with Gasteiger partial charge < -0.3 is 15.5 Å². The maximum absolute atomic E-state index is 10.9. The highest BCUT2D eigenvalue weighted by Gasteiger charge is 2.15. The van der Waals surface area contributed by atoms with Crippen LogP contribution in [0.25, 0.3) is 0 Å². The number of aliphatic hydroxyl groups is 1. The molecule has 0 amide bonds. The van der Waals surface area contributed by atoms with Gasteiger partial charge in [0, 0.05) is 6.20 Å². The van der Waals surface area contributed by atoms with E-state index in [1.807, 2.05) is 13.8 Å². The van der Waals surface area contributed by atoms with Gasteiger partial charge in [0.2, 0.25) is 0 Å². The van der Waals surface area contributed by atoms with Gasteiger partial charge in [0.15, 0.2) is 0 Å². The maximum Gasteiger partial charge on any atom is 0.337 e. The summed E-state index contributed by atoms with van der Waals surface area (Å²) in [5.41, 5.74) is -0.00962. The van der Waals surface area contributed by atoms with E-state index in [-0.39, 0.29) is 29.2 Å². The fourth-order valence-electron chi connectivity index (χ4n) is 1.29. The molecule has 0 spiro atoms. The van der Waals surface area contributed by atoms with E-state index in [9.17, 15) is 4.79 Å². The average Bonchev–Trinajstić information content (AvgIpc) is 2.27. The molecule has 0 aliphatic carbocycles. The Morgan fingerprint density at radius 3 is 2.71 bits per heavy atom. The topological polar surface area (TPSA) is 82.5 Å². The number of nitrogens with zero attached hydrogens (tertiary/aromatic N) is 1. The van der Waals surface area contributed by atoms with Crippen molar-refractivity contribution in [2.75, 3.05) is 11.9 Å². The molecule has 5 nitrogen and oxygen atoms in total. The molecule has 0 bridgehead atoms. The second-order valence-corrected chi connectivity index (χ2v) is 4.44. The van der Waals surface area contributed by atoms with Crippen molar-refractivity contribution in [2.24, 2.45) is 5.92 Å². The number of halogens is 1. The van der Waals surface area contributed by atoms with Gasteiger partial charge in [-0.2, -0.15) is 0 Å². The van der Waals surface area contributed by atoms with Gasteiger partial charge in [-0.05, 0) is 12.0 Å². The monoisotopic (exact) mass is 258 g/mol. The molecule has 1 aromatic heterocycles. The van der Waals surface area contributed by atoms with Crippen LogP contribution < -0.4 is 5.32 Å². The van der Waals surface area contributed by atoms with Crippen molar-refractivity contribution in [3.8, 4) is 0 Å². The zero-order valence-electron chi connectivity index (χ0n) is 9.64. The minimum Gasteiger partial charge on any atom is -0.478 e. The van der Waals surface area contributed by atoms with E-state index < -0.39 is 5.97 Å². The van der Waals surface area contributed by atoms with Crippen LogP contribution in [-0.4, -0.2) is 33.8 Å². The highest BCUT2D eigenvalue weighted by Crippen LogP contribution is 2.19. The standard InChI is InChI=1S/C11H15ClN2O3/c1-6(2)9(5-15)14-10-3-7(11(16)17)8(12)4-13-10/h3-4,6,9,15H,5H2,1-2H3,(H,13,14)(H,16,17)/t9-/m1/s1. The van der Waals surface area contributed by atoms with Crippen molar-refractivity contribution in [3.63, 3.8) is 0 Å². The second-order valence-electron chi connectivity index (χ2n) is 4.03. The van der Waals surface area contributed by atoms with E-state index in [2.05, 4.69) is 10.3 Å². The van der Waals surface area contributed by atoms with Gasteiger partial charge in [-0.25, -0.2) is 9.78 Å². The van der Waals surface area contributed by atoms with Crippen LogP contribution >= 0.6 is 11.6 Å². The van der Waals surface area contributed by atoms with Gasteiger partial charge in [0.1, 0.15) is 5.82 Å². The van der Waals surface area contributed by atoms with Gasteiger partial charge in [0.25, 0.3) is 0 Å². The van der Waals surface area contributed by atoms with Crippen LogP contribution in [0.15, 0.2) is 12.3 Å². The molecule has 0 saturated carbocycles. The Morgan fingerprint density at radius 1 is 1.59 bits per heavy atom. The van der Waals surface area contributed by atoms with Gasteiger partial charge in [-0.3, -0.25) is 0 Å². The van der Waals surface area contributed by atoms with Crippen LogP contribution in [0.3, 0.4) is 0 Å². The first-order valence-electron chi connectivity index (χ1n) is 5.22. The van der Waals surface area contributed by atoms with Crippen molar-refractivity contribution < 1.29 is 15.0 Å². The number of anilines is 1. The molecular weight excluding hydrogens is 244 g/mol. The number of hydrogen-bond acceptors (Lipinski definition) is 4. The Labute approximate surface area is 104 Å². The number of aromatic carboxylic acids is 1. The van der Waals surface area contributed by atoms with Crippen LogP contribution in [0.4, 0.5) is 5.82 Å². The highest BCUT2D eigenvalue weighted by atomic mass is 35.5. The third kappa shape index (κ3) is 3.57. The summed E-state index contributed by atoms with van der Waals surface area (Å²) in [6, 6.07) is 1.18. The molecule has 1 heterocycles. The molecule has 1 aromatic rings. The van der Waals surface area contributed by atoms with Gasteiger partial charge in [-0.15, -0.1) is 0 Å². The number of aliphatic hydroxyl groups excluding tert-OH is 1. The molecule has 0 fully saturated rings. The molecule has 17 heavy (non-hydrogen) atoms. The lowest BCUT2D eigenvalue weighted by Gasteiger charge is -2.20. The largest absolute Gasteiger partial charge is 0.478 e. The maximum atomic E-state index is 10.9. The summed E-state index contributed by atoms with van der Waals surface area (Å²) in [5.74, 6) is -0.518. The summed E-state index contributed by atoms with van der Waals surface area (Å²) in [6.07, 6.45) is 1.28. The van der Waals surface area contributed by atoms with Gasteiger partial charge >= 0.3 is 5.97 Å². The van der Waals surface area contributed by atoms with Crippen LogP contribution in [0.2, 0.25) is 5.02 Å². The lowest BCUT2D eigenvalue weighted by molar-refractivity contribution is 0.0697. The van der Waals surface area contributed by atoms with Gasteiger partial charge in [0.05, 0.1) is 23.2 Å². The lowest BCUT2D eigenvalue weighted by atomic mass is 10.1. The molecule has 94 valence electrons. The predicted molar refractivity (Wildman–Crippen MR) is 65.5 cm³/mol. The van der Waals surface area contributed by atoms with Crippen molar-refractivity contribution in [2.45, 2.75) is 19.9 Å². The second kappa shape index (κ2) is 5.84. The summed E-state index contributed by atoms with van der Waals surface area (Å²) >= 11 is 5.70. The zero-order valence-corrected chi connectivity index (χ0v) is 10.4. The van der Waals surface area contributed by atoms with Crippen molar-refractivity contribution in [3.05, 3.63) is 22.8 Å². The third-order valence-electron chi connectivity index (χ3n) is 2.42. The molecular formula is C11H15ClN2O3. The van der Waals surface area contributed by atoms with Crippen molar-refractivity contribution in [1.82, 2.24) is 4.98 Å². The zero-order chi connectivity index (χ0) is 13.0. The minimum atomic E-state index is -1.11. The first-order chi connectivity index (χ1) is 7.95. The van der Waals surface area contributed by atoms with Crippen LogP contribution in [0.5, 0.6) is 0 Å². The third-order valence-corrected chi connectivity index (χ3v) is 2.72. The predicted octanol–water partition coefficient (Wildman–Crippen LogP) is 1.86. The molecule has 6 heteroatoms. The highest BCUT2D eigenvalue weighted by molar-refractivity contribution is 6.33. The number of carboxylic acid groups (broad SMARTS) is 1. The summed E-state index contributed by atoms with van der Waals surface area (Å²) in [6.45, 7) is 3.84. The van der Waals surface area contributed by atoms with E-state index in [1.165, 1.54) is 12.3 Å². The van der Waals surface area contributed by atoms with E-state index in [0.717, 1.165) is 0 Å². The fourth-order valence-corrected chi connectivity index (χ4v) is 1.48. The van der Waals surface area contributed by atoms with Crippen molar-refractivity contribution >= 4 is 23.4 Å². The normalized spacial score (nSPS) is 12.5. The number of rotatable bonds is 5. The van der Waals surface area contributed by atoms with E-state index in [4.69, 9.17) is 21.8 Å². The first-order valence-corrected chi connectivity index (χ1v) is 5.59. The number of carboxylic acids is 1. The van der Waals surface area contributed by atoms with Crippen LogP contribution in [0, 0.1) is 5.92 Å². The Bertz CT molecular complexity index is 410. The number of pyridine rings is 1. The Kier molecular flexibility index (Phi) is 4.72. The number of aromatic nitrogens is 1. The average molecular weight is 259 g/mol. The summed E-state index contributed by atoms with van der Waals surface area (Å²) in [4.78, 5) is 14.8. The number of carbonyl (C=O) groups is 1. The van der Waals surface area contributed by atoms with E-state index in [0.29, 0.717) is 5.82 Å². The number of hydrogen-bond donors (Lipinski definition) is 3. The smallest absolute Gasteiger partial charge is 0.337 e. The summed E-state index contributed by atoms with van der Waals surface area (Å²) < 4.78 is 0. The Hall–Kier alpha value is -1.33. The Morgan fingerprint density at radius 2 is 2.24 bits per heavy atom.